The normalized spacial score (nSPS) is 11.8. The molecule has 2 aromatic carbocycles. The van der Waals surface area contributed by atoms with Crippen LogP contribution in [0, 0.1) is 5.82 Å². The molecule has 1 atom stereocenters. The number of benzene rings is 2. The van der Waals surface area contributed by atoms with Crippen molar-refractivity contribution in [2.45, 2.75) is 24.0 Å². The molecule has 0 radical (unpaired) electrons. The van der Waals surface area contributed by atoms with Crippen LogP contribution in [0.3, 0.4) is 0 Å². The summed E-state index contributed by atoms with van der Waals surface area (Å²) in [6, 6.07) is 16.4. The highest BCUT2D eigenvalue weighted by Crippen LogP contribution is 2.16. The van der Waals surface area contributed by atoms with Crippen LogP contribution in [0.2, 0.25) is 0 Å². The predicted molar refractivity (Wildman–Crippen MR) is 109 cm³/mol. The van der Waals surface area contributed by atoms with Gasteiger partial charge in [0.2, 0.25) is 0 Å². The van der Waals surface area contributed by atoms with Crippen molar-refractivity contribution in [2.75, 3.05) is 13.2 Å². The van der Waals surface area contributed by atoms with Gasteiger partial charge in [0.15, 0.2) is 5.76 Å². The molecule has 1 aromatic heterocycles. The second-order valence-corrected chi connectivity index (χ2v) is 7.74. The van der Waals surface area contributed by atoms with E-state index in [1.165, 1.54) is 24.3 Å². The third-order valence-electron chi connectivity index (χ3n) is 4.17. The van der Waals surface area contributed by atoms with E-state index in [2.05, 4.69) is 5.32 Å². The van der Waals surface area contributed by atoms with Gasteiger partial charge in [-0.25, -0.2) is 4.39 Å². The van der Waals surface area contributed by atoms with Crippen LogP contribution >= 0.6 is 0 Å². The fourth-order valence-corrected chi connectivity index (χ4v) is 3.72. The van der Waals surface area contributed by atoms with Crippen LogP contribution in [0.15, 0.2) is 70.0 Å². The van der Waals surface area contributed by atoms with Crippen molar-refractivity contribution in [3.05, 3.63) is 83.6 Å². The number of ether oxygens (including phenoxy) is 1. The van der Waals surface area contributed by atoms with Gasteiger partial charge in [0.1, 0.15) is 17.3 Å². The Bertz CT molecular complexity index is 967. The lowest BCUT2D eigenvalue weighted by Crippen LogP contribution is -2.25. The fourth-order valence-electron chi connectivity index (χ4n) is 2.70. The summed E-state index contributed by atoms with van der Waals surface area (Å²) in [6.45, 7) is 3.02. The first-order chi connectivity index (χ1) is 14.0. The summed E-state index contributed by atoms with van der Waals surface area (Å²) < 4.78 is 36.2. The number of hydrogen-bond acceptors (Lipinski definition) is 4. The van der Waals surface area contributed by atoms with Crippen LogP contribution < -0.4 is 10.1 Å². The molecule has 0 bridgehead atoms. The topological polar surface area (TPSA) is 68.5 Å². The van der Waals surface area contributed by atoms with Crippen molar-refractivity contribution >= 4 is 16.7 Å². The summed E-state index contributed by atoms with van der Waals surface area (Å²) in [4.78, 5) is 12.7. The molecular weight excluding hydrogens is 393 g/mol. The molecule has 0 aliphatic carbocycles. The maximum absolute atomic E-state index is 13.0. The number of carbonyl (C=O) groups is 1. The first-order valence-corrected chi connectivity index (χ1v) is 10.6. The van der Waals surface area contributed by atoms with E-state index in [1.807, 2.05) is 31.2 Å². The van der Waals surface area contributed by atoms with Crippen LogP contribution in [0.1, 0.15) is 28.8 Å². The quantitative estimate of drug-likeness (QED) is 0.571. The van der Waals surface area contributed by atoms with E-state index in [4.69, 9.17) is 9.15 Å². The van der Waals surface area contributed by atoms with E-state index < -0.39 is 10.8 Å². The van der Waals surface area contributed by atoms with Crippen LogP contribution in [0.5, 0.6) is 5.75 Å². The minimum Gasteiger partial charge on any atom is -0.494 e. The van der Waals surface area contributed by atoms with Crippen LogP contribution in [0.25, 0.3) is 0 Å². The highest BCUT2D eigenvalue weighted by atomic mass is 32.2. The fraction of sp³-hybridized carbons (Fsp3) is 0.227. The van der Waals surface area contributed by atoms with E-state index >= 15 is 0 Å². The molecule has 29 heavy (non-hydrogen) atoms. The Kier molecular flexibility index (Phi) is 7.19. The minimum absolute atomic E-state index is 0.116. The molecule has 0 spiro atoms. The molecule has 5 nitrogen and oxygen atoms in total. The van der Waals surface area contributed by atoms with Crippen LogP contribution in [-0.4, -0.2) is 23.3 Å². The predicted octanol–water partition coefficient (Wildman–Crippen LogP) is 4.10. The molecule has 0 fully saturated rings. The van der Waals surface area contributed by atoms with Gasteiger partial charge in [0.05, 0.1) is 23.2 Å². The number of rotatable bonds is 9. The Labute approximate surface area is 171 Å². The van der Waals surface area contributed by atoms with Gasteiger partial charge in [-0.2, -0.15) is 0 Å². The maximum atomic E-state index is 13.0. The second-order valence-electron chi connectivity index (χ2n) is 6.29. The van der Waals surface area contributed by atoms with Gasteiger partial charge in [0, 0.05) is 11.4 Å². The van der Waals surface area contributed by atoms with Crippen molar-refractivity contribution in [2.24, 2.45) is 0 Å². The van der Waals surface area contributed by atoms with Gasteiger partial charge in [-0.15, -0.1) is 0 Å². The van der Waals surface area contributed by atoms with Gasteiger partial charge in [-0.1, -0.05) is 12.1 Å². The summed E-state index contributed by atoms with van der Waals surface area (Å²) >= 11 is 0. The SMILES string of the molecule is CCOc1ccc(CCNC(=O)c2ccc(C[S@](=O)c3ccc(F)cc3)o2)cc1. The zero-order valence-corrected chi connectivity index (χ0v) is 16.8. The van der Waals surface area contributed by atoms with E-state index in [0.29, 0.717) is 30.2 Å². The van der Waals surface area contributed by atoms with Gasteiger partial charge in [0.25, 0.3) is 5.91 Å². The molecule has 3 aromatic rings. The van der Waals surface area contributed by atoms with E-state index in [1.54, 1.807) is 12.1 Å². The molecule has 0 aliphatic rings. The van der Waals surface area contributed by atoms with E-state index in [0.717, 1.165) is 11.3 Å². The minimum atomic E-state index is -1.38. The number of carbonyl (C=O) groups excluding carboxylic acids is 1. The zero-order valence-electron chi connectivity index (χ0n) is 16.0. The van der Waals surface area contributed by atoms with Crippen molar-refractivity contribution in [1.29, 1.82) is 0 Å². The highest BCUT2D eigenvalue weighted by molar-refractivity contribution is 7.84. The Balaban J connectivity index is 1.48. The standard InChI is InChI=1S/C22H22FNO4S/c1-2-27-18-7-3-16(4-8-18)13-14-24-22(25)21-12-9-19(28-21)15-29(26)20-10-5-17(23)6-11-20/h3-12H,2,13-15H2,1H3,(H,24,25)/t29-/m0/s1. The largest absolute Gasteiger partial charge is 0.494 e. The van der Waals surface area contributed by atoms with E-state index in [-0.39, 0.29) is 23.2 Å². The van der Waals surface area contributed by atoms with Crippen molar-refractivity contribution in [1.82, 2.24) is 5.32 Å². The third-order valence-corrected chi connectivity index (χ3v) is 5.51. The zero-order chi connectivity index (χ0) is 20.6. The monoisotopic (exact) mass is 415 g/mol. The molecule has 3 rings (SSSR count). The molecule has 0 aliphatic heterocycles. The Morgan fingerprint density at radius 1 is 1.07 bits per heavy atom. The van der Waals surface area contributed by atoms with E-state index in [9.17, 15) is 13.4 Å². The Hall–Kier alpha value is -2.93. The van der Waals surface area contributed by atoms with Crippen LogP contribution in [0.4, 0.5) is 4.39 Å². The maximum Gasteiger partial charge on any atom is 0.287 e. The first kappa shape index (κ1) is 20.8. The summed E-state index contributed by atoms with van der Waals surface area (Å²) in [7, 11) is -1.38. The molecule has 7 heteroatoms. The average Bonchev–Trinajstić information content (AvgIpc) is 3.18. The van der Waals surface area contributed by atoms with Gasteiger partial charge in [-0.3, -0.25) is 9.00 Å². The van der Waals surface area contributed by atoms with Gasteiger partial charge >= 0.3 is 0 Å². The molecule has 0 unspecified atom stereocenters. The number of nitrogens with one attached hydrogen (secondary N) is 1. The van der Waals surface area contributed by atoms with Crippen molar-refractivity contribution in [3.63, 3.8) is 0 Å². The summed E-state index contributed by atoms with van der Waals surface area (Å²) in [6.07, 6.45) is 0.681. The number of furan rings is 1. The van der Waals surface area contributed by atoms with Crippen molar-refractivity contribution in [3.8, 4) is 5.75 Å². The number of halogens is 1. The van der Waals surface area contributed by atoms with Gasteiger partial charge < -0.3 is 14.5 Å². The molecule has 1 amide bonds. The molecule has 0 saturated heterocycles. The lowest BCUT2D eigenvalue weighted by molar-refractivity contribution is 0.0925. The van der Waals surface area contributed by atoms with Crippen molar-refractivity contribution < 1.29 is 22.5 Å². The molecular formula is C22H22FNO4S. The third kappa shape index (κ3) is 6.02. The Morgan fingerprint density at radius 3 is 2.48 bits per heavy atom. The first-order valence-electron chi connectivity index (χ1n) is 9.27. The summed E-state index contributed by atoms with van der Waals surface area (Å²) in [5.74, 6) is 0.835. The van der Waals surface area contributed by atoms with Gasteiger partial charge in [-0.05, 0) is 67.4 Å². The highest BCUT2D eigenvalue weighted by Gasteiger charge is 2.13. The molecule has 1 heterocycles. The molecule has 0 saturated carbocycles. The average molecular weight is 415 g/mol. The molecule has 152 valence electrons. The smallest absolute Gasteiger partial charge is 0.287 e. The number of amides is 1. The summed E-state index contributed by atoms with van der Waals surface area (Å²) in [5.41, 5.74) is 1.09. The Morgan fingerprint density at radius 2 is 1.79 bits per heavy atom. The lowest BCUT2D eigenvalue weighted by Gasteiger charge is -2.06. The van der Waals surface area contributed by atoms with Crippen LogP contribution in [-0.2, 0) is 23.0 Å². The lowest BCUT2D eigenvalue weighted by atomic mass is 10.1. The number of hydrogen-bond donors (Lipinski definition) is 1. The summed E-state index contributed by atoms with van der Waals surface area (Å²) in [5, 5.41) is 2.81. The molecule has 1 N–H and O–H groups in total. The second kappa shape index (κ2) is 10.0.